The molecule has 1 aromatic carbocycles. The van der Waals surface area contributed by atoms with Crippen LogP contribution in [0.4, 0.5) is 11.5 Å². The van der Waals surface area contributed by atoms with E-state index in [1.807, 2.05) is 32.4 Å². The first kappa shape index (κ1) is 18.7. The molecule has 2 aliphatic heterocycles. The lowest BCUT2D eigenvalue weighted by Crippen LogP contribution is -2.31. The number of benzene rings is 1. The van der Waals surface area contributed by atoms with Crippen LogP contribution >= 0.6 is 0 Å². The van der Waals surface area contributed by atoms with Gasteiger partial charge in [-0.15, -0.1) is 0 Å². The molecule has 0 radical (unpaired) electrons. The highest BCUT2D eigenvalue weighted by Crippen LogP contribution is 2.42. The monoisotopic (exact) mass is 402 g/mol. The summed E-state index contributed by atoms with van der Waals surface area (Å²) in [6.45, 7) is 3.38. The largest absolute Gasteiger partial charge is 0.382 e. The first-order valence-electron chi connectivity index (χ1n) is 10.3. The molecule has 7 nitrogen and oxygen atoms in total. The average Bonchev–Trinajstić information content (AvgIpc) is 3.34. The fraction of sp³-hybridized carbons (Fsp3) is 0.348. The van der Waals surface area contributed by atoms with Gasteiger partial charge < -0.3 is 15.5 Å². The number of nitrogens with zero attached hydrogens (tertiary/aromatic N) is 5. The van der Waals surface area contributed by atoms with E-state index in [1.54, 1.807) is 15.8 Å². The number of hydrogen-bond donors (Lipinski definition) is 1. The molecule has 4 heterocycles. The van der Waals surface area contributed by atoms with Crippen molar-refractivity contribution in [2.45, 2.75) is 32.4 Å². The number of aromatic nitrogens is 3. The number of carbonyl (C=O) groups is 1. The summed E-state index contributed by atoms with van der Waals surface area (Å²) in [5, 5.41) is 4.63. The van der Waals surface area contributed by atoms with Crippen LogP contribution < -0.4 is 10.6 Å². The zero-order valence-corrected chi connectivity index (χ0v) is 17.6. The Bertz CT molecular complexity index is 1150. The van der Waals surface area contributed by atoms with Crippen LogP contribution in [0.3, 0.4) is 0 Å². The molecule has 2 aromatic heterocycles. The van der Waals surface area contributed by atoms with Gasteiger partial charge in [-0.1, -0.05) is 17.7 Å². The van der Waals surface area contributed by atoms with Crippen LogP contribution in [0.25, 0.3) is 11.1 Å². The van der Waals surface area contributed by atoms with Crippen molar-refractivity contribution in [3.05, 3.63) is 59.0 Å². The molecule has 1 amide bonds. The van der Waals surface area contributed by atoms with E-state index in [-0.39, 0.29) is 11.9 Å². The van der Waals surface area contributed by atoms with Gasteiger partial charge in [0.25, 0.3) is 5.91 Å². The number of rotatable bonds is 0. The first-order chi connectivity index (χ1) is 14.4. The van der Waals surface area contributed by atoms with Gasteiger partial charge in [-0.2, -0.15) is 5.10 Å². The smallest absolute Gasteiger partial charge is 0.254 e. The lowest BCUT2D eigenvalue weighted by molar-refractivity contribution is 0.0782. The van der Waals surface area contributed by atoms with E-state index >= 15 is 0 Å². The van der Waals surface area contributed by atoms with E-state index in [0.717, 1.165) is 58.6 Å². The Morgan fingerprint density at radius 1 is 1.17 bits per heavy atom. The van der Waals surface area contributed by atoms with E-state index in [1.165, 1.54) is 0 Å². The van der Waals surface area contributed by atoms with Gasteiger partial charge in [0.2, 0.25) is 0 Å². The second kappa shape index (κ2) is 6.86. The predicted molar refractivity (Wildman–Crippen MR) is 117 cm³/mol. The predicted octanol–water partition coefficient (Wildman–Crippen LogP) is 3.30. The molecule has 154 valence electrons. The highest BCUT2D eigenvalue weighted by molar-refractivity contribution is 5.96. The Hall–Kier alpha value is -3.35. The van der Waals surface area contributed by atoms with Crippen molar-refractivity contribution in [2.24, 2.45) is 7.05 Å². The molecule has 0 aliphatic carbocycles. The van der Waals surface area contributed by atoms with Crippen LogP contribution in [0.2, 0.25) is 0 Å². The topological polar surface area (TPSA) is 80.3 Å². The number of fused-ring (bicyclic) bond motifs is 8. The molecule has 1 fully saturated rings. The molecule has 2 bridgehead atoms. The quantitative estimate of drug-likeness (QED) is 0.624. The molecule has 30 heavy (non-hydrogen) atoms. The number of carbonyl (C=O) groups excluding carboxylic acids is 1. The van der Waals surface area contributed by atoms with Crippen molar-refractivity contribution in [3.63, 3.8) is 0 Å². The van der Waals surface area contributed by atoms with Crippen LogP contribution in [0.5, 0.6) is 0 Å². The zero-order valence-electron chi connectivity index (χ0n) is 17.6. The Morgan fingerprint density at radius 2 is 2.00 bits per heavy atom. The highest BCUT2D eigenvalue weighted by Gasteiger charge is 2.32. The van der Waals surface area contributed by atoms with Gasteiger partial charge in [0.05, 0.1) is 24.0 Å². The van der Waals surface area contributed by atoms with E-state index in [9.17, 15) is 4.79 Å². The van der Waals surface area contributed by atoms with Crippen LogP contribution in [-0.4, -0.2) is 39.2 Å². The van der Waals surface area contributed by atoms with Crippen LogP contribution in [0.1, 0.15) is 46.1 Å². The standard InChI is InChI=1S/C23H26N6O/c1-14-6-7-16-17(9-14)20-5-4-8-29(20)21-10-15(11-25-22(21)24)18-12-28(3)26-19(18)13-27(2)23(16)30/h6-7,9-12,20H,4-5,8,13H2,1-3H3,(H2,24,25)/t20-/m1/s1. The number of nitrogens with two attached hydrogens (primary N) is 1. The summed E-state index contributed by atoms with van der Waals surface area (Å²) in [6, 6.07) is 8.35. The molecule has 2 N–H and O–H groups in total. The maximum Gasteiger partial charge on any atom is 0.254 e. The number of hydrogen-bond acceptors (Lipinski definition) is 5. The number of amides is 1. The molecule has 2 aliphatic rings. The summed E-state index contributed by atoms with van der Waals surface area (Å²) >= 11 is 0. The summed E-state index contributed by atoms with van der Waals surface area (Å²) in [6.07, 6.45) is 5.81. The minimum Gasteiger partial charge on any atom is -0.382 e. The number of nitrogen functional groups attached to an aromatic ring is 1. The third-order valence-corrected chi connectivity index (χ3v) is 6.21. The van der Waals surface area contributed by atoms with Crippen molar-refractivity contribution >= 4 is 17.4 Å². The second-order valence-corrected chi connectivity index (χ2v) is 8.39. The van der Waals surface area contributed by atoms with E-state index in [4.69, 9.17) is 5.73 Å². The zero-order chi connectivity index (χ0) is 21.0. The molecule has 5 rings (SSSR count). The summed E-state index contributed by atoms with van der Waals surface area (Å²) in [5.41, 5.74) is 13.0. The maximum absolute atomic E-state index is 13.5. The second-order valence-electron chi connectivity index (χ2n) is 8.39. The van der Waals surface area contributed by atoms with Gasteiger partial charge in [0.1, 0.15) is 5.82 Å². The van der Waals surface area contributed by atoms with Crippen LogP contribution in [0.15, 0.2) is 36.7 Å². The molecule has 7 heteroatoms. The molecular weight excluding hydrogens is 376 g/mol. The lowest BCUT2D eigenvalue weighted by atomic mass is 9.94. The Labute approximate surface area is 176 Å². The highest BCUT2D eigenvalue weighted by atomic mass is 16.2. The van der Waals surface area contributed by atoms with Crippen molar-refractivity contribution < 1.29 is 4.79 Å². The lowest BCUT2D eigenvalue weighted by Gasteiger charge is -2.31. The van der Waals surface area contributed by atoms with E-state index < -0.39 is 0 Å². The summed E-state index contributed by atoms with van der Waals surface area (Å²) in [7, 11) is 3.74. The van der Waals surface area contributed by atoms with Gasteiger partial charge in [0, 0.05) is 49.7 Å². The van der Waals surface area contributed by atoms with Crippen LogP contribution in [0, 0.1) is 6.92 Å². The molecule has 0 spiro atoms. The van der Waals surface area contributed by atoms with Gasteiger partial charge in [-0.05, 0) is 37.5 Å². The Balaban J connectivity index is 1.77. The third kappa shape index (κ3) is 2.93. The van der Waals surface area contributed by atoms with E-state index in [2.05, 4.69) is 34.0 Å². The van der Waals surface area contributed by atoms with Crippen molar-refractivity contribution in [2.75, 3.05) is 24.2 Å². The van der Waals surface area contributed by atoms with E-state index in [0.29, 0.717) is 12.4 Å². The Kier molecular flexibility index (Phi) is 4.27. The number of anilines is 2. The third-order valence-electron chi connectivity index (χ3n) is 6.21. The van der Waals surface area contributed by atoms with Gasteiger partial charge >= 0.3 is 0 Å². The fourth-order valence-electron chi connectivity index (χ4n) is 4.77. The van der Waals surface area contributed by atoms with Gasteiger partial charge in [-0.3, -0.25) is 9.48 Å². The molecule has 0 unspecified atom stereocenters. The first-order valence-corrected chi connectivity index (χ1v) is 10.3. The molecule has 1 saturated heterocycles. The van der Waals surface area contributed by atoms with Crippen molar-refractivity contribution in [3.8, 4) is 11.1 Å². The summed E-state index contributed by atoms with van der Waals surface area (Å²) < 4.78 is 1.79. The van der Waals surface area contributed by atoms with Crippen LogP contribution in [-0.2, 0) is 13.6 Å². The molecule has 1 atom stereocenters. The minimum atomic E-state index is 0.0174. The maximum atomic E-state index is 13.5. The van der Waals surface area contributed by atoms with Gasteiger partial charge in [0.15, 0.2) is 0 Å². The molecular formula is C23H26N6O. The van der Waals surface area contributed by atoms with Crippen molar-refractivity contribution in [1.82, 2.24) is 19.7 Å². The normalized spacial score (nSPS) is 18.4. The van der Waals surface area contributed by atoms with Crippen molar-refractivity contribution in [1.29, 1.82) is 0 Å². The number of aryl methyl sites for hydroxylation is 2. The fourth-order valence-corrected chi connectivity index (χ4v) is 4.77. The van der Waals surface area contributed by atoms with Gasteiger partial charge in [-0.25, -0.2) is 4.98 Å². The molecule has 0 saturated carbocycles. The SMILES string of the molecule is Cc1ccc2c(c1)[C@H]1CCCN1c1cc(cnc1N)-c1cn(C)nc1CN(C)C2=O. The number of pyridine rings is 1. The summed E-state index contributed by atoms with van der Waals surface area (Å²) in [4.78, 5) is 22.1. The summed E-state index contributed by atoms with van der Waals surface area (Å²) in [5.74, 6) is 0.537. The average molecular weight is 403 g/mol. The minimum absolute atomic E-state index is 0.0174. The molecule has 3 aromatic rings. The Morgan fingerprint density at radius 3 is 2.83 bits per heavy atom.